The standard InChI is InChI=1S/C15H20BrN5O2/c1-15(2,3)20-14(22)8-23-13-5-4-12(16)6-11(13)7-19-21-9-17-18-10-21/h4-6,9-10,19H,7-8H2,1-3H3,(H,20,22). The Balaban J connectivity index is 1.99. The molecule has 2 N–H and O–H groups in total. The first-order valence-corrected chi connectivity index (χ1v) is 7.93. The Morgan fingerprint density at radius 3 is 2.65 bits per heavy atom. The van der Waals surface area contributed by atoms with Gasteiger partial charge in [0.2, 0.25) is 0 Å². The lowest BCUT2D eigenvalue weighted by Crippen LogP contribution is -2.43. The lowest BCUT2D eigenvalue weighted by molar-refractivity contribution is -0.124. The second-order valence-corrected chi connectivity index (χ2v) is 6.96. The Morgan fingerprint density at radius 1 is 1.30 bits per heavy atom. The fraction of sp³-hybridized carbons (Fsp3) is 0.400. The van der Waals surface area contributed by atoms with E-state index < -0.39 is 0 Å². The van der Waals surface area contributed by atoms with Gasteiger partial charge < -0.3 is 15.5 Å². The highest BCUT2D eigenvalue weighted by Crippen LogP contribution is 2.23. The van der Waals surface area contributed by atoms with Crippen LogP contribution in [0.4, 0.5) is 0 Å². The van der Waals surface area contributed by atoms with E-state index in [-0.39, 0.29) is 18.1 Å². The van der Waals surface area contributed by atoms with Crippen LogP contribution < -0.4 is 15.5 Å². The van der Waals surface area contributed by atoms with E-state index in [1.807, 2.05) is 39.0 Å². The van der Waals surface area contributed by atoms with E-state index in [4.69, 9.17) is 4.74 Å². The zero-order valence-corrected chi connectivity index (χ0v) is 14.9. The largest absolute Gasteiger partial charge is 0.483 e. The number of benzene rings is 1. The topological polar surface area (TPSA) is 81.1 Å². The Hall–Kier alpha value is -2.09. The number of hydrogen-bond donors (Lipinski definition) is 2. The molecule has 0 aliphatic heterocycles. The molecule has 1 aromatic heterocycles. The number of nitrogens with zero attached hydrogens (tertiary/aromatic N) is 3. The van der Waals surface area contributed by atoms with Crippen LogP contribution in [0.1, 0.15) is 26.3 Å². The number of halogens is 1. The van der Waals surface area contributed by atoms with Gasteiger partial charge in [0, 0.05) is 15.6 Å². The fourth-order valence-corrected chi connectivity index (χ4v) is 2.29. The molecule has 0 spiro atoms. The van der Waals surface area contributed by atoms with Crippen LogP contribution in [0.15, 0.2) is 35.3 Å². The van der Waals surface area contributed by atoms with E-state index >= 15 is 0 Å². The molecule has 8 heteroatoms. The van der Waals surface area contributed by atoms with Gasteiger partial charge in [0.05, 0.1) is 6.54 Å². The van der Waals surface area contributed by atoms with Crippen LogP contribution in [0.3, 0.4) is 0 Å². The van der Waals surface area contributed by atoms with Crippen molar-refractivity contribution in [1.29, 1.82) is 0 Å². The summed E-state index contributed by atoms with van der Waals surface area (Å²) in [5.41, 5.74) is 3.76. The number of aromatic nitrogens is 3. The lowest BCUT2D eigenvalue weighted by atomic mass is 10.1. The van der Waals surface area contributed by atoms with Crippen molar-refractivity contribution in [2.24, 2.45) is 0 Å². The normalized spacial score (nSPS) is 11.1. The monoisotopic (exact) mass is 381 g/mol. The number of ether oxygens (including phenoxy) is 1. The summed E-state index contributed by atoms with van der Waals surface area (Å²) in [4.78, 5) is 11.9. The molecule has 0 fully saturated rings. The Labute approximate surface area is 143 Å². The predicted octanol–water partition coefficient (Wildman–Crippen LogP) is 2.08. The summed E-state index contributed by atoms with van der Waals surface area (Å²) in [6.07, 6.45) is 3.13. The van der Waals surface area contributed by atoms with E-state index in [1.165, 1.54) is 0 Å². The molecular weight excluding hydrogens is 362 g/mol. The molecule has 1 heterocycles. The van der Waals surface area contributed by atoms with Crippen molar-refractivity contribution in [3.05, 3.63) is 40.9 Å². The minimum atomic E-state index is -0.279. The van der Waals surface area contributed by atoms with Gasteiger partial charge >= 0.3 is 0 Å². The summed E-state index contributed by atoms with van der Waals surface area (Å²) in [7, 11) is 0. The molecule has 23 heavy (non-hydrogen) atoms. The van der Waals surface area contributed by atoms with Gasteiger partial charge in [-0.05, 0) is 39.0 Å². The third kappa shape index (κ3) is 5.90. The van der Waals surface area contributed by atoms with Crippen LogP contribution in [0, 0.1) is 0 Å². The van der Waals surface area contributed by atoms with E-state index in [0.717, 1.165) is 10.0 Å². The SMILES string of the molecule is CC(C)(C)NC(=O)COc1ccc(Br)cc1CNn1cnnc1. The van der Waals surface area contributed by atoms with Crippen molar-refractivity contribution in [2.45, 2.75) is 32.9 Å². The average Bonchev–Trinajstić information content (AvgIpc) is 2.95. The molecule has 2 rings (SSSR count). The van der Waals surface area contributed by atoms with Gasteiger partial charge in [0.25, 0.3) is 5.91 Å². The first-order chi connectivity index (χ1) is 10.8. The maximum absolute atomic E-state index is 11.9. The Kier molecular flexibility index (Phi) is 5.59. The van der Waals surface area contributed by atoms with Crippen LogP contribution in [0.25, 0.3) is 0 Å². The van der Waals surface area contributed by atoms with Crippen LogP contribution in [-0.2, 0) is 11.3 Å². The number of nitrogens with one attached hydrogen (secondary N) is 2. The van der Waals surface area contributed by atoms with Crippen molar-refractivity contribution in [2.75, 3.05) is 12.0 Å². The van der Waals surface area contributed by atoms with Crippen LogP contribution in [0.5, 0.6) is 5.75 Å². The zero-order valence-electron chi connectivity index (χ0n) is 13.3. The summed E-state index contributed by atoms with van der Waals surface area (Å²) in [6, 6.07) is 5.64. The molecule has 0 unspecified atom stereocenters. The van der Waals surface area contributed by atoms with E-state index in [1.54, 1.807) is 17.3 Å². The quantitative estimate of drug-likeness (QED) is 0.800. The van der Waals surface area contributed by atoms with Gasteiger partial charge in [0.1, 0.15) is 18.4 Å². The summed E-state index contributed by atoms with van der Waals surface area (Å²) in [6.45, 7) is 6.27. The third-order valence-corrected chi connectivity index (χ3v) is 3.26. The first kappa shape index (κ1) is 17.3. The smallest absolute Gasteiger partial charge is 0.258 e. The maximum Gasteiger partial charge on any atom is 0.258 e. The third-order valence-electron chi connectivity index (χ3n) is 2.77. The van der Waals surface area contributed by atoms with Crippen LogP contribution in [0.2, 0.25) is 0 Å². The molecule has 1 amide bonds. The minimum absolute atomic E-state index is 0.0292. The zero-order chi connectivity index (χ0) is 16.9. The Morgan fingerprint density at radius 2 is 2.00 bits per heavy atom. The molecule has 0 saturated heterocycles. The van der Waals surface area contributed by atoms with E-state index in [2.05, 4.69) is 36.9 Å². The molecule has 1 aromatic carbocycles. The second-order valence-electron chi connectivity index (χ2n) is 6.04. The van der Waals surface area contributed by atoms with Crippen molar-refractivity contribution in [3.8, 4) is 5.75 Å². The average molecular weight is 382 g/mol. The summed E-state index contributed by atoms with van der Waals surface area (Å²) < 4.78 is 8.24. The number of carbonyl (C=O) groups excluding carboxylic acids is 1. The molecule has 124 valence electrons. The van der Waals surface area contributed by atoms with Gasteiger partial charge in [-0.25, -0.2) is 4.68 Å². The molecule has 0 bridgehead atoms. The fourth-order valence-electron chi connectivity index (χ4n) is 1.88. The van der Waals surface area contributed by atoms with Gasteiger partial charge in [-0.3, -0.25) is 4.79 Å². The van der Waals surface area contributed by atoms with Gasteiger partial charge in [-0.15, -0.1) is 10.2 Å². The van der Waals surface area contributed by atoms with Crippen molar-refractivity contribution < 1.29 is 9.53 Å². The lowest BCUT2D eigenvalue weighted by Gasteiger charge is -2.21. The van der Waals surface area contributed by atoms with Gasteiger partial charge in [-0.2, -0.15) is 0 Å². The highest BCUT2D eigenvalue weighted by atomic mass is 79.9. The van der Waals surface area contributed by atoms with E-state index in [9.17, 15) is 4.79 Å². The highest BCUT2D eigenvalue weighted by molar-refractivity contribution is 9.10. The molecule has 2 aromatic rings. The van der Waals surface area contributed by atoms with E-state index in [0.29, 0.717) is 12.3 Å². The van der Waals surface area contributed by atoms with Crippen molar-refractivity contribution in [3.63, 3.8) is 0 Å². The number of hydrogen-bond acceptors (Lipinski definition) is 5. The molecule has 0 radical (unpaired) electrons. The number of amides is 1. The molecule has 7 nitrogen and oxygen atoms in total. The highest BCUT2D eigenvalue weighted by Gasteiger charge is 2.14. The second kappa shape index (κ2) is 7.45. The molecule has 0 aliphatic carbocycles. The van der Waals surface area contributed by atoms with Crippen molar-refractivity contribution >= 4 is 21.8 Å². The molecule has 0 saturated carbocycles. The van der Waals surface area contributed by atoms with Crippen LogP contribution in [-0.4, -0.2) is 32.9 Å². The van der Waals surface area contributed by atoms with Crippen LogP contribution >= 0.6 is 15.9 Å². The van der Waals surface area contributed by atoms with Crippen molar-refractivity contribution in [1.82, 2.24) is 20.2 Å². The van der Waals surface area contributed by atoms with Gasteiger partial charge in [0.15, 0.2) is 6.61 Å². The first-order valence-electron chi connectivity index (χ1n) is 7.14. The summed E-state index contributed by atoms with van der Waals surface area (Å²) in [5.74, 6) is 0.496. The molecule has 0 aliphatic rings. The predicted molar refractivity (Wildman–Crippen MR) is 90.6 cm³/mol. The summed E-state index contributed by atoms with van der Waals surface area (Å²) in [5, 5.41) is 10.3. The number of carbonyl (C=O) groups is 1. The minimum Gasteiger partial charge on any atom is -0.483 e. The Bertz CT molecular complexity index is 652. The number of rotatable bonds is 6. The summed E-state index contributed by atoms with van der Waals surface area (Å²) >= 11 is 3.44. The van der Waals surface area contributed by atoms with Gasteiger partial charge in [-0.1, -0.05) is 15.9 Å². The maximum atomic E-state index is 11.9. The molecular formula is C15H20BrN5O2. The molecule has 0 atom stereocenters.